The van der Waals surface area contributed by atoms with Crippen molar-refractivity contribution in [2.45, 2.75) is 38.5 Å². The van der Waals surface area contributed by atoms with Gasteiger partial charge < -0.3 is 5.11 Å². The number of sulfonamides is 1. The second kappa shape index (κ2) is 3.86. The smallest absolute Gasteiger partial charge is 0.324 e. The predicted octanol–water partition coefficient (Wildman–Crippen LogP) is 0.520. The Hall–Kier alpha value is -0.620. The van der Waals surface area contributed by atoms with E-state index in [4.69, 9.17) is 5.11 Å². The minimum absolute atomic E-state index is 0.619. The summed E-state index contributed by atoms with van der Waals surface area (Å²) in [6, 6.07) is 0. The number of nitrogens with zero attached hydrogens (tertiary/aromatic N) is 1. The molecule has 0 aromatic carbocycles. The maximum atomic E-state index is 11.6. The molecule has 0 unspecified atom stereocenters. The normalized spacial score (nSPS) is 13.6. The quantitative estimate of drug-likeness (QED) is 0.754. The van der Waals surface area contributed by atoms with Crippen molar-refractivity contribution in [1.29, 1.82) is 0 Å². The van der Waals surface area contributed by atoms with E-state index in [9.17, 15) is 13.2 Å². The fraction of sp³-hybridized carbons (Fsp3) is 0.875. The highest BCUT2D eigenvalue weighted by Crippen LogP contribution is 2.19. The first-order valence-electron chi connectivity index (χ1n) is 4.25. The van der Waals surface area contributed by atoms with Crippen molar-refractivity contribution in [2.75, 3.05) is 7.05 Å². The standard InChI is InChI=1S/C8H17NO4S/c1-6(2)14(12,13)9(5)8(3,4)7(10)11/h6H,1-5H3,(H,10,11). The Labute approximate surface area is 84.8 Å². The van der Waals surface area contributed by atoms with Gasteiger partial charge in [0.15, 0.2) is 0 Å². The highest BCUT2D eigenvalue weighted by atomic mass is 32.2. The number of rotatable bonds is 4. The lowest BCUT2D eigenvalue weighted by Crippen LogP contribution is -2.52. The van der Waals surface area contributed by atoms with Crippen molar-refractivity contribution in [3.63, 3.8) is 0 Å². The minimum Gasteiger partial charge on any atom is -0.480 e. The molecule has 0 aromatic rings. The zero-order valence-corrected chi connectivity index (χ0v) is 9.92. The Morgan fingerprint density at radius 3 is 1.93 bits per heavy atom. The molecule has 0 spiro atoms. The Morgan fingerprint density at radius 1 is 1.36 bits per heavy atom. The molecule has 0 saturated carbocycles. The summed E-state index contributed by atoms with van der Waals surface area (Å²) in [5.74, 6) is -1.16. The SMILES string of the molecule is CC(C)S(=O)(=O)N(C)C(C)(C)C(=O)O. The van der Waals surface area contributed by atoms with Crippen LogP contribution in [-0.2, 0) is 14.8 Å². The molecule has 0 aliphatic carbocycles. The van der Waals surface area contributed by atoms with Crippen LogP contribution in [0.2, 0.25) is 0 Å². The molecular formula is C8H17NO4S. The topological polar surface area (TPSA) is 74.7 Å². The number of carboxylic acids is 1. The Balaban J connectivity index is 5.17. The van der Waals surface area contributed by atoms with E-state index in [0.717, 1.165) is 4.31 Å². The molecule has 1 N–H and O–H groups in total. The molecule has 0 rings (SSSR count). The summed E-state index contributed by atoms with van der Waals surface area (Å²) >= 11 is 0. The molecule has 84 valence electrons. The summed E-state index contributed by atoms with van der Waals surface area (Å²) in [5.41, 5.74) is -1.41. The molecule has 0 atom stereocenters. The molecule has 0 radical (unpaired) electrons. The summed E-state index contributed by atoms with van der Waals surface area (Å²) in [4.78, 5) is 10.8. The summed E-state index contributed by atoms with van der Waals surface area (Å²) in [6.07, 6.45) is 0. The molecule has 0 aliphatic rings. The van der Waals surface area contributed by atoms with Gasteiger partial charge in [0.25, 0.3) is 0 Å². The third-order valence-electron chi connectivity index (χ3n) is 2.29. The van der Waals surface area contributed by atoms with Gasteiger partial charge >= 0.3 is 5.97 Å². The fourth-order valence-corrected chi connectivity index (χ4v) is 2.12. The van der Waals surface area contributed by atoms with Crippen molar-refractivity contribution in [3.8, 4) is 0 Å². The summed E-state index contributed by atoms with van der Waals surface area (Å²) < 4.78 is 24.2. The van der Waals surface area contributed by atoms with Crippen molar-refractivity contribution in [2.24, 2.45) is 0 Å². The number of carboxylic acid groups (broad SMARTS) is 1. The van der Waals surface area contributed by atoms with Crippen LogP contribution in [0, 0.1) is 0 Å². The van der Waals surface area contributed by atoms with Crippen molar-refractivity contribution >= 4 is 16.0 Å². The number of likely N-dealkylation sites (N-methyl/N-ethyl adjacent to an activating group) is 1. The van der Waals surface area contributed by atoms with E-state index < -0.39 is 26.8 Å². The van der Waals surface area contributed by atoms with Crippen molar-refractivity contribution in [3.05, 3.63) is 0 Å². The molecule has 0 bridgehead atoms. The second-order valence-corrected chi connectivity index (χ2v) is 6.45. The molecule has 5 nitrogen and oxygen atoms in total. The lowest BCUT2D eigenvalue weighted by atomic mass is 10.1. The van der Waals surface area contributed by atoms with Crippen LogP contribution in [0.25, 0.3) is 0 Å². The molecule has 0 saturated heterocycles. The molecule has 0 aliphatic heterocycles. The van der Waals surface area contributed by atoms with Crippen LogP contribution >= 0.6 is 0 Å². The lowest BCUT2D eigenvalue weighted by Gasteiger charge is -2.31. The van der Waals surface area contributed by atoms with Crippen LogP contribution in [0.1, 0.15) is 27.7 Å². The third-order valence-corrected chi connectivity index (χ3v) is 4.70. The maximum absolute atomic E-state index is 11.6. The van der Waals surface area contributed by atoms with Gasteiger partial charge in [-0.25, -0.2) is 8.42 Å². The van der Waals surface area contributed by atoms with E-state index in [2.05, 4.69) is 0 Å². The average Bonchev–Trinajstić information content (AvgIpc) is 2.02. The van der Waals surface area contributed by atoms with Gasteiger partial charge in [-0.05, 0) is 27.7 Å². The van der Waals surface area contributed by atoms with Gasteiger partial charge in [-0.3, -0.25) is 4.79 Å². The first kappa shape index (κ1) is 13.4. The van der Waals surface area contributed by atoms with E-state index in [1.165, 1.54) is 34.7 Å². The minimum atomic E-state index is -3.53. The summed E-state index contributed by atoms with van der Waals surface area (Å²) in [7, 11) is -2.25. The van der Waals surface area contributed by atoms with E-state index in [1.54, 1.807) is 0 Å². The Morgan fingerprint density at radius 2 is 1.71 bits per heavy atom. The van der Waals surface area contributed by atoms with E-state index in [0.29, 0.717) is 0 Å². The largest absolute Gasteiger partial charge is 0.480 e. The summed E-state index contributed by atoms with van der Waals surface area (Å²) in [6.45, 7) is 5.75. The average molecular weight is 223 g/mol. The van der Waals surface area contributed by atoms with Gasteiger partial charge in [-0.1, -0.05) is 0 Å². The van der Waals surface area contributed by atoms with Gasteiger partial charge in [0.2, 0.25) is 10.0 Å². The molecule has 0 aromatic heterocycles. The van der Waals surface area contributed by atoms with Gasteiger partial charge in [-0.15, -0.1) is 0 Å². The molecule has 0 fully saturated rings. The molecule has 0 amide bonds. The first-order chi connectivity index (χ1) is 6.04. The highest BCUT2D eigenvalue weighted by molar-refractivity contribution is 7.89. The maximum Gasteiger partial charge on any atom is 0.324 e. The van der Waals surface area contributed by atoms with E-state index >= 15 is 0 Å². The number of hydrogen-bond acceptors (Lipinski definition) is 3. The molecule has 6 heteroatoms. The molecule has 0 heterocycles. The van der Waals surface area contributed by atoms with E-state index in [1.807, 2.05) is 0 Å². The third kappa shape index (κ3) is 2.24. The fourth-order valence-electron chi connectivity index (χ4n) is 0.769. The van der Waals surface area contributed by atoms with Crippen LogP contribution in [0.5, 0.6) is 0 Å². The van der Waals surface area contributed by atoms with Crippen LogP contribution < -0.4 is 0 Å². The molecular weight excluding hydrogens is 206 g/mol. The van der Waals surface area contributed by atoms with Gasteiger partial charge in [-0.2, -0.15) is 4.31 Å². The monoisotopic (exact) mass is 223 g/mol. The summed E-state index contributed by atoms with van der Waals surface area (Å²) in [5, 5.41) is 8.23. The zero-order valence-electron chi connectivity index (χ0n) is 9.10. The lowest BCUT2D eigenvalue weighted by molar-refractivity contribution is -0.145. The van der Waals surface area contributed by atoms with E-state index in [-0.39, 0.29) is 0 Å². The van der Waals surface area contributed by atoms with Crippen LogP contribution in [0.15, 0.2) is 0 Å². The second-order valence-electron chi connectivity index (χ2n) is 3.93. The Bertz CT molecular complexity index is 318. The predicted molar refractivity (Wildman–Crippen MR) is 53.5 cm³/mol. The van der Waals surface area contributed by atoms with Gasteiger partial charge in [0, 0.05) is 7.05 Å². The van der Waals surface area contributed by atoms with Gasteiger partial charge in [0.05, 0.1) is 5.25 Å². The molecule has 14 heavy (non-hydrogen) atoms. The number of aliphatic carboxylic acids is 1. The number of hydrogen-bond donors (Lipinski definition) is 1. The number of carbonyl (C=O) groups is 1. The first-order valence-corrected chi connectivity index (χ1v) is 5.76. The zero-order chi connectivity index (χ0) is 11.7. The van der Waals surface area contributed by atoms with Crippen LogP contribution in [0.4, 0.5) is 0 Å². The van der Waals surface area contributed by atoms with Crippen LogP contribution in [0.3, 0.4) is 0 Å². The van der Waals surface area contributed by atoms with Gasteiger partial charge in [0.1, 0.15) is 5.54 Å². The van der Waals surface area contributed by atoms with Crippen molar-refractivity contribution < 1.29 is 18.3 Å². The highest BCUT2D eigenvalue weighted by Gasteiger charge is 2.40. The van der Waals surface area contributed by atoms with Crippen LogP contribution in [-0.4, -0.2) is 41.6 Å². The Kier molecular flexibility index (Phi) is 3.69. The van der Waals surface area contributed by atoms with Crippen molar-refractivity contribution in [1.82, 2.24) is 4.31 Å².